The minimum Gasteiger partial charge on any atom is -0.325 e. The van der Waals surface area contributed by atoms with E-state index in [0.29, 0.717) is 18.7 Å². The van der Waals surface area contributed by atoms with E-state index in [-0.39, 0.29) is 35.7 Å². The van der Waals surface area contributed by atoms with Gasteiger partial charge in [0.05, 0.1) is 11.9 Å². The molecule has 0 spiro atoms. The first kappa shape index (κ1) is 20.4. The molecule has 110 valence electrons. The third-order valence-electron chi connectivity index (χ3n) is 2.00. The van der Waals surface area contributed by atoms with E-state index in [2.05, 4.69) is 15.6 Å². The van der Waals surface area contributed by atoms with Crippen LogP contribution in [0.3, 0.4) is 0 Å². The smallest absolute Gasteiger partial charge is 0.225 e. The Morgan fingerprint density at radius 2 is 1.95 bits per heavy atom. The highest BCUT2D eigenvalue weighted by molar-refractivity contribution is 7.90. The summed E-state index contributed by atoms with van der Waals surface area (Å²) < 4.78 is 22.3. The van der Waals surface area contributed by atoms with E-state index in [9.17, 15) is 13.2 Å². The van der Waals surface area contributed by atoms with Crippen LogP contribution in [-0.2, 0) is 14.6 Å². The van der Waals surface area contributed by atoms with Gasteiger partial charge in [0.25, 0.3) is 0 Å². The van der Waals surface area contributed by atoms with Crippen LogP contribution < -0.4 is 10.6 Å². The number of amides is 1. The number of rotatable bonds is 5. The van der Waals surface area contributed by atoms with Crippen LogP contribution in [0.1, 0.15) is 6.42 Å². The van der Waals surface area contributed by atoms with Crippen LogP contribution in [0.15, 0.2) is 23.4 Å². The summed E-state index contributed by atoms with van der Waals surface area (Å²) in [4.78, 5) is 15.1. The fourth-order valence-electron chi connectivity index (χ4n) is 1.14. The molecule has 19 heavy (non-hydrogen) atoms. The summed E-state index contributed by atoms with van der Waals surface area (Å²) in [6.45, 7) is 0.584. The van der Waals surface area contributed by atoms with Crippen molar-refractivity contribution in [3.05, 3.63) is 18.3 Å². The Morgan fingerprint density at radius 3 is 2.37 bits per heavy atom. The molecular weight excluding hydrogens is 313 g/mol. The van der Waals surface area contributed by atoms with E-state index in [1.54, 1.807) is 7.05 Å². The number of aromatic nitrogens is 1. The van der Waals surface area contributed by atoms with Crippen molar-refractivity contribution in [1.82, 2.24) is 10.3 Å². The monoisotopic (exact) mass is 329 g/mol. The van der Waals surface area contributed by atoms with Gasteiger partial charge >= 0.3 is 0 Å². The highest BCUT2D eigenvalue weighted by atomic mass is 35.5. The van der Waals surface area contributed by atoms with Gasteiger partial charge in [0, 0.05) is 19.2 Å². The normalized spacial score (nSPS) is 10.0. The third kappa shape index (κ3) is 7.31. The zero-order valence-corrected chi connectivity index (χ0v) is 13.0. The molecule has 1 rings (SSSR count). The van der Waals surface area contributed by atoms with Crippen LogP contribution in [-0.4, -0.2) is 39.2 Å². The number of carbonyl (C=O) groups is 1. The fraction of sp³-hybridized carbons (Fsp3) is 0.400. The first-order valence-electron chi connectivity index (χ1n) is 5.04. The second-order valence-electron chi connectivity index (χ2n) is 3.56. The van der Waals surface area contributed by atoms with E-state index >= 15 is 0 Å². The van der Waals surface area contributed by atoms with Crippen LogP contribution in [0.5, 0.6) is 0 Å². The number of nitrogens with zero attached hydrogens (tertiary/aromatic N) is 1. The average molecular weight is 330 g/mol. The second kappa shape index (κ2) is 9.08. The molecule has 0 saturated carbocycles. The lowest BCUT2D eigenvalue weighted by molar-refractivity contribution is -0.116. The van der Waals surface area contributed by atoms with Gasteiger partial charge in [0.15, 0.2) is 14.9 Å². The quantitative estimate of drug-likeness (QED) is 0.837. The maximum Gasteiger partial charge on any atom is 0.225 e. The predicted molar refractivity (Wildman–Crippen MR) is 79.0 cm³/mol. The van der Waals surface area contributed by atoms with Crippen molar-refractivity contribution in [3.63, 3.8) is 0 Å². The molecule has 0 aliphatic heterocycles. The summed E-state index contributed by atoms with van der Waals surface area (Å²) in [5, 5.41) is 5.47. The SMILES string of the molecule is CNCCC(=O)Nc1ccc(S(C)(=O)=O)nc1.Cl.Cl. The minimum atomic E-state index is -3.30. The number of hydrogen-bond donors (Lipinski definition) is 2. The Morgan fingerprint density at radius 1 is 1.32 bits per heavy atom. The van der Waals surface area contributed by atoms with Gasteiger partial charge in [-0.05, 0) is 19.2 Å². The maximum absolute atomic E-state index is 11.4. The molecule has 0 aliphatic carbocycles. The van der Waals surface area contributed by atoms with Gasteiger partial charge in [-0.3, -0.25) is 4.79 Å². The van der Waals surface area contributed by atoms with Crippen LogP contribution in [0.25, 0.3) is 0 Å². The standard InChI is InChI=1S/C10H15N3O3S.2ClH/c1-11-6-5-9(14)13-8-3-4-10(12-7-8)17(2,15)16;;/h3-4,7,11H,5-6H2,1-2H3,(H,13,14);2*1H. The number of sulfone groups is 1. The molecule has 1 aromatic rings. The number of pyridine rings is 1. The molecule has 0 aromatic carbocycles. The molecule has 1 aromatic heterocycles. The van der Waals surface area contributed by atoms with Crippen molar-refractivity contribution in [2.75, 3.05) is 25.2 Å². The maximum atomic E-state index is 11.4. The van der Waals surface area contributed by atoms with E-state index in [4.69, 9.17) is 0 Å². The van der Waals surface area contributed by atoms with Crippen molar-refractivity contribution in [3.8, 4) is 0 Å². The Bertz CT molecular complexity index is 491. The highest BCUT2D eigenvalue weighted by Crippen LogP contribution is 2.10. The van der Waals surface area contributed by atoms with Gasteiger partial charge in [-0.1, -0.05) is 0 Å². The molecule has 0 bridgehead atoms. The molecular formula is C10H17Cl2N3O3S. The molecule has 9 heteroatoms. The van der Waals surface area contributed by atoms with Gasteiger partial charge < -0.3 is 10.6 Å². The molecule has 6 nitrogen and oxygen atoms in total. The third-order valence-corrected chi connectivity index (χ3v) is 3.00. The summed E-state index contributed by atoms with van der Waals surface area (Å²) in [5.74, 6) is -0.145. The van der Waals surface area contributed by atoms with Gasteiger partial charge in [-0.25, -0.2) is 13.4 Å². The second-order valence-corrected chi connectivity index (χ2v) is 5.52. The van der Waals surface area contributed by atoms with Crippen molar-refractivity contribution in [1.29, 1.82) is 0 Å². The summed E-state index contributed by atoms with van der Waals surface area (Å²) in [7, 11) is -1.54. The van der Waals surface area contributed by atoms with Crippen molar-refractivity contribution >= 4 is 46.2 Å². The molecule has 1 heterocycles. The Labute approximate surface area is 125 Å². The molecule has 0 unspecified atom stereocenters. The van der Waals surface area contributed by atoms with Gasteiger partial charge in [-0.2, -0.15) is 0 Å². The topological polar surface area (TPSA) is 88.2 Å². The molecule has 0 fully saturated rings. The van der Waals surface area contributed by atoms with E-state index in [1.807, 2.05) is 0 Å². The number of hydrogen-bond acceptors (Lipinski definition) is 5. The van der Waals surface area contributed by atoms with Crippen molar-refractivity contribution in [2.45, 2.75) is 11.4 Å². The number of nitrogens with one attached hydrogen (secondary N) is 2. The summed E-state index contributed by atoms with van der Waals surface area (Å²) >= 11 is 0. The summed E-state index contributed by atoms with van der Waals surface area (Å²) in [5.41, 5.74) is 0.485. The molecule has 1 amide bonds. The molecule has 0 radical (unpaired) electrons. The Hall–Kier alpha value is -0.890. The molecule has 0 saturated heterocycles. The fourth-order valence-corrected chi connectivity index (χ4v) is 1.70. The lowest BCUT2D eigenvalue weighted by Crippen LogP contribution is -2.18. The lowest BCUT2D eigenvalue weighted by atomic mass is 10.3. The highest BCUT2D eigenvalue weighted by Gasteiger charge is 2.08. The van der Waals surface area contributed by atoms with Crippen molar-refractivity contribution < 1.29 is 13.2 Å². The Balaban J connectivity index is 0. The van der Waals surface area contributed by atoms with E-state index in [1.165, 1.54) is 18.3 Å². The number of carbonyl (C=O) groups excluding carboxylic acids is 1. The summed E-state index contributed by atoms with van der Waals surface area (Å²) in [6.07, 6.45) is 2.76. The van der Waals surface area contributed by atoms with Crippen LogP contribution in [0.2, 0.25) is 0 Å². The zero-order chi connectivity index (χ0) is 12.9. The van der Waals surface area contributed by atoms with E-state index < -0.39 is 9.84 Å². The zero-order valence-electron chi connectivity index (χ0n) is 10.5. The van der Waals surface area contributed by atoms with Gasteiger partial charge in [0.1, 0.15) is 0 Å². The number of anilines is 1. The van der Waals surface area contributed by atoms with Gasteiger partial charge in [0.2, 0.25) is 5.91 Å². The number of halogens is 2. The first-order valence-corrected chi connectivity index (χ1v) is 6.93. The van der Waals surface area contributed by atoms with Gasteiger partial charge in [-0.15, -0.1) is 24.8 Å². The average Bonchev–Trinajstić information content (AvgIpc) is 2.26. The first-order chi connectivity index (χ1) is 7.93. The lowest BCUT2D eigenvalue weighted by Gasteiger charge is -2.05. The predicted octanol–water partition coefficient (Wildman–Crippen LogP) is 0.877. The van der Waals surface area contributed by atoms with Crippen molar-refractivity contribution in [2.24, 2.45) is 0 Å². The largest absolute Gasteiger partial charge is 0.325 e. The Kier molecular flexibility index (Phi) is 9.77. The van der Waals surface area contributed by atoms with Crippen LogP contribution >= 0.6 is 24.8 Å². The van der Waals surface area contributed by atoms with Crippen LogP contribution in [0, 0.1) is 0 Å². The summed E-state index contributed by atoms with van der Waals surface area (Å²) in [6, 6.07) is 2.88. The molecule has 0 aliphatic rings. The molecule has 2 N–H and O–H groups in total. The minimum absolute atomic E-state index is 0. The van der Waals surface area contributed by atoms with E-state index in [0.717, 1.165) is 6.26 Å². The van der Waals surface area contributed by atoms with Crippen LogP contribution in [0.4, 0.5) is 5.69 Å². The molecule has 0 atom stereocenters.